The maximum Gasteiger partial charge on any atom is 0.254 e. The molecule has 4 aromatic rings. The van der Waals surface area contributed by atoms with E-state index in [1.165, 1.54) is 0 Å². The zero-order chi connectivity index (χ0) is 22.6. The smallest absolute Gasteiger partial charge is 0.254 e. The van der Waals surface area contributed by atoms with E-state index in [1.807, 2.05) is 53.6 Å². The van der Waals surface area contributed by atoms with Crippen LogP contribution in [0.3, 0.4) is 0 Å². The highest BCUT2D eigenvalue weighted by atomic mass is 16.5. The maximum atomic E-state index is 12.6. The summed E-state index contributed by atoms with van der Waals surface area (Å²) in [7, 11) is 0. The predicted octanol–water partition coefficient (Wildman–Crippen LogP) is 2.70. The first-order chi connectivity index (χ1) is 16.2. The number of rotatable bonds is 6. The summed E-state index contributed by atoms with van der Waals surface area (Å²) in [4.78, 5) is 23.5. The van der Waals surface area contributed by atoms with E-state index in [2.05, 4.69) is 20.4 Å². The van der Waals surface area contributed by atoms with Crippen LogP contribution in [0.25, 0.3) is 22.0 Å². The number of ether oxygens (including phenoxy) is 1. The predicted molar refractivity (Wildman–Crippen MR) is 124 cm³/mol. The van der Waals surface area contributed by atoms with Gasteiger partial charge in [-0.15, -0.1) is 0 Å². The van der Waals surface area contributed by atoms with Crippen molar-refractivity contribution < 1.29 is 14.6 Å². The fourth-order valence-corrected chi connectivity index (χ4v) is 3.77. The van der Waals surface area contributed by atoms with Crippen LogP contribution in [-0.4, -0.2) is 68.6 Å². The number of amides is 1. The molecule has 0 unspecified atom stereocenters. The Kier molecular flexibility index (Phi) is 5.97. The van der Waals surface area contributed by atoms with Crippen LogP contribution < -0.4 is 5.32 Å². The van der Waals surface area contributed by atoms with Gasteiger partial charge in [0.05, 0.1) is 38.1 Å². The first-order valence-electron chi connectivity index (χ1n) is 10.8. The Morgan fingerprint density at radius 1 is 1.06 bits per heavy atom. The number of hydrogen-bond donors (Lipinski definition) is 2. The molecule has 168 valence electrons. The molecule has 1 aliphatic rings. The third-order valence-corrected chi connectivity index (χ3v) is 5.56. The number of benzene rings is 2. The van der Waals surface area contributed by atoms with E-state index in [0.717, 1.165) is 27.7 Å². The number of carbonyl (C=O) groups excluding carboxylic acids is 1. The molecule has 0 saturated carbocycles. The minimum absolute atomic E-state index is 0.0154. The molecule has 1 aliphatic heterocycles. The first-order valence-corrected chi connectivity index (χ1v) is 10.8. The van der Waals surface area contributed by atoms with Gasteiger partial charge >= 0.3 is 0 Å². The fraction of sp³-hybridized carbons (Fsp3) is 0.250. The number of hydrogen-bond acceptors (Lipinski definition) is 7. The van der Waals surface area contributed by atoms with Crippen molar-refractivity contribution in [3.8, 4) is 11.1 Å². The highest BCUT2D eigenvalue weighted by Crippen LogP contribution is 2.24. The van der Waals surface area contributed by atoms with Crippen molar-refractivity contribution >= 4 is 28.4 Å². The number of aliphatic hydroxyl groups is 1. The third kappa shape index (κ3) is 4.69. The molecule has 2 N–H and O–H groups in total. The summed E-state index contributed by atoms with van der Waals surface area (Å²) in [5.41, 5.74) is 4.20. The Morgan fingerprint density at radius 3 is 2.67 bits per heavy atom. The zero-order valence-electron chi connectivity index (χ0n) is 18.0. The van der Waals surface area contributed by atoms with E-state index in [4.69, 9.17) is 9.84 Å². The second-order valence-corrected chi connectivity index (χ2v) is 7.79. The Bertz CT molecular complexity index is 1260. The van der Waals surface area contributed by atoms with E-state index in [9.17, 15) is 4.79 Å². The number of nitrogens with zero attached hydrogens (tertiary/aromatic N) is 5. The van der Waals surface area contributed by atoms with Gasteiger partial charge in [0.15, 0.2) is 0 Å². The normalized spacial score (nSPS) is 13.9. The van der Waals surface area contributed by atoms with Crippen molar-refractivity contribution in [1.29, 1.82) is 0 Å². The van der Waals surface area contributed by atoms with E-state index >= 15 is 0 Å². The largest absolute Gasteiger partial charge is 0.394 e. The lowest BCUT2D eigenvalue weighted by atomic mass is 10.1. The lowest BCUT2D eigenvalue weighted by Crippen LogP contribution is -2.40. The van der Waals surface area contributed by atoms with Crippen molar-refractivity contribution in [3.63, 3.8) is 0 Å². The zero-order valence-corrected chi connectivity index (χ0v) is 18.0. The van der Waals surface area contributed by atoms with Gasteiger partial charge in [0.2, 0.25) is 5.95 Å². The first kappa shape index (κ1) is 21.0. The van der Waals surface area contributed by atoms with Crippen LogP contribution in [0.15, 0.2) is 61.1 Å². The topological polar surface area (TPSA) is 105 Å². The third-order valence-electron chi connectivity index (χ3n) is 5.56. The lowest BCUT2D eigenvalue weighted by Gasteiger charge is -2.26. The van der Waals surface area contributed by atoms with Crippen LogP contribution in [0, 0.1) is 0 Å². The molecule has 1 amide bonds. The fourth-order valence-electron chi connectivity index (χ4n) is 3.77. The average Bonchev–Trinajstić information content (AvgIpc) is 3.33. The molecule has 0 spiro atoms. The SMILES string of the molecule is O=C(c1ccc(Nc2ncc3ccc(-c4cnn(CCO)c4)cc3n2)cc1)N1CCOCC1. The quantitative estimate of drug-likeness (QED) is 0.471. The van der Waals surface area contributed by atoms with Crippen molar-refractivity contribution in [2.45, 2.75) is 6.54 Å². The second-order valence-electron chi connectivity index (χ2n) is 7.79. The van der Waals surface area contributed by atoms with Gasteiger partial charge in [-0.05, 0) is 35.9 Å². The lowest BCUT2D eigenvalue weighted by molar-refractivity contribution is 0.0303. The van der Waals surface area contributed by atoms with Crippen molar-refractivity contribution in [2.24, 2.45) is 0 Å². The molecule has 1 fully saturated rings. The van der Waals surface area contributed by atoms with Crippen molar-refractivity contribution in [2.75, 3.05) is 38.2 Å². The van der Waals surface area contributed by atoms with Crippen molar-refractivity contribution in [3.05, 3.63) is 66.6 Å². The number of aromatic nitrogens is 4. The molecule has 9 heteroatoms. The molecule has 0 radical (unpaired) electrons. The van der Waals surface area contributed by atoms with Crippen molar-refractivity contribution in [1.82, 2.24) is 24.6 Å². The van der Waals surface area contributed by atoms with Gasteiger partial charge in [0.1, 0.15) is 0 Å². The summed E-state index contributed by atoms with van der Waals surface area (Å²) < 4.78 is 7.02. The Labute approximate surface area is 190 Å². The molecule has 5 rings (SSSR count). The molecule has 0 bridgehead atoms. The van der Waals surface area contributed by atoms with Gasteiger partial charge in [-0.3, -0.25) is 9.48 Å². The summed E-state index contributed by atoms with van der Waals surface area (Å²) in [5.74, 6) is 0.490. The number of aliphatic hydroxyl groups excluding tert-OH is 1. The van der Waals surface area contributed by atoms with Gasteiger partial charge in [-0.2, -0.15) is 5.10 Å². The summed E-state index contributed by atoms with van der Waals surface area (Å²) in [5, 5.41) is 17.5. The standard InChI is InChI=1S/C24H24N6O3/c31-10-7-30-16-20(15-26-30)18-1-2-19-14-25-24(28-22(19)13-18)27-21-5-3-17(4-6-21)23(32)29-8-11-33-12-9-29/h1-6,13-16,31H,7-12H2,(H,25,27,28). The average molecular weight is 444 g/mol. The highest BCUT2D eigenvalue weighted by Gasteiger charge is 2.18. The molecule has 1 saturated heterocycles. The molecule has 2 aromatic carbocycles. The van der Waals surface area contributed by atoms with Gasteiger partial charge in [0.25, 0.3) is 5.91 Å². The van der Waals surface area contributed by atoms with Gasteiger partial charge in [-0.25, -0.2) is 9.97 Å². The molecule has 3 heterocycles. The van der Waals surface area contributed by atoms with Crippen LogP contribution in [0.1, 0.15) is 10.4 Å². The number of anilines is 2. The van der Waals surface area contributed by atoms with Crippen LogP contribution in [0.4, 0.5) is 11.6 Å². The molecule has 0 atom stereocenters. The Hall–Kier alpha value is -3.82. The van der Waals surface area contributed by atoms with Gasteiger partial charge < -0.3 is 20.1 Å². The molecular weight excluding hydrogens is 420 g/mol. The monoisotopic (exact) mass is 444 g/mol. The Balaban J connectivity index is 1.32. The van der Waals surface area contributed by atoms with E-state index in [-0.39, 0.29) is 12.5 Å². The Morgan fingerprint density at radius 2 is 1.88 bits per heavy atom. The minimum Gasteiger partial charge on any atom is -0.394 e. The highest BCUT2D eigenvalue weighted by molar-refractivity contribution is 5.94. The van der Waals surface area contributed by atoms with Gasteiger partial charge in [-0.1, -0.05) is 12.1 Å². The number of carbonyl (C=O) groups is 1. The summed E-state index contributed by atoms with van der Waals surface area (Å²) in [6.45, 7) is 2.90. The molecule has 9 nitrogen and oxygen atoms in total. The van der Waals surface area contributed by atoms with Crippen LogP contribution in [0.5, 0.6) is 0 Å². The number of morpholine rings is 1. The maximum absolute atomic E-state index is 12.6. The summed E-state index contributed by atoms with van der Waals surface area (Å²) in [6, 6.07) is 13.3. The molecular formula is C24H24N6O3. The number of nitrogens with one attached hydrogen (secondary N) is 1. The van der Waals surface area contributed by atoms with E-state index in [0.29, 0.717) is 44.4 Å². The van der Waals surface area contributed by atoms with Gasteiger partial charge in [0, 0.05) is 47.7 Å². The van der Waals surface area contributed by atoms with Crippen LogP contribution in [0.2, 0.25) is 0 Å². The van der Waals surface area contributed by atoms with E-state index < -0.39 is 0 Å². The van der Waals surface area contributed by atoms with E-state index in [1.54, 1.807) is 17.1 Å². The number of fused-ring (bicyclic) bond motifs is 1. The summed E-state index contributed by atoms with van der Waals surface area (Å²) in [6.07, 6.45) is 5.45. The van der Waals surface area contributed by atoms with Crippen LogP contribution >= 0.6 is 0 Å². The second kappa shape index (κ2) is 9.35. The summed E-state index contributed by atoms with van der Waals surface area (Å²) >= 11 is 0. The molecule has 2 aromatic heterocycles. The molecule has 33 heavy (non-hydrogen) atoms. The van der Waals surface area contributed by atoms with Crippen LogP contribution in [-0.2, 0) is 11.3 Å². The molecule has 0 aliphatic carbocycles. The minimum atomic E-state index is 0.0154.